The van der Waals surface area contributed by atoms with E-state index in [1.165, 1.54) is 12.5 Å². The Morgan fingerprint density at radius 3 is 2.68 bits per heavy atom. The molecule has 102 valence electrons. The summed E-state index contributed by atoms with van der Waals surface area (Å²) in [5, 5.41) is 3.32. The molecule has 0 amide bonds. The van der Waals surface area contributed by atoms with Crippen LogP contribution in [0.1, 0.15) is 32.0 Å². The summed E-state index contributed by atoms with van der Waals surface area (Å²) < 4.78 is 19.3. The molecule has 0 atom stereocenters. The fourth-order valence-corrected chi connectivity index (χ4v) is 1.77. The number of nitrogens with one attached hydrogen (secondary N) is 1. The molecule has 3 nitrogen and oxygen atoms in total. The molecule has 0 unspecified atom stereocenters. The maximum Gasteiger partial charge on any atom is 0.181 e. The van der Waals surface area contributed by atoms with Gasteiger partial charge in [-0.1, -0.05) is 6.07 Å². The van der Waals surface area contributed by atoms with Crippen LogP contribution in [0.25, 0.3) is 11.3 Å². The second-order valence-corrected chi connectivity index (χ2v) is 5.72. The number of rotatable bonds is 3. The van der Waals surface area contributed by atoms with E-state index < -0.39 is 0 Å². The summed E-state index contributed by atoms with van der Waals surface area (Å²) >= 11 is 0. The summed E-state index contributed by atoms with van der Waals surface area (Å²) in [6.07, 6.45) is 1.36. The molecule has 2 rings (SSSR count). The van der Waals surface area contributed by atoms with E-state index in [0.29, 0.717) is 17.9 Å². The van der Waals surface area contributed by atoms with Crippen molar-refractivity contribution in [3.8, 4) is 11.3 Å². The molecule has 1 aromatic heterocycles. The molecule has 0 bridgehead atoms. The van der Waals surface area contributed by atoms with E-state index in [9.17, 15) is 4.39 Å². The normalized spacial score (nSPS) is 11.8. The molecule has 0 spiro atoms. The second-order valence-electron chi connectivity index (χ2n) is 5.72. The van der Waals surface area contributed by atoms with Gasteiger partial charge in [0.2, 0.25) is 0 Å². The molecular formula is C15H19FN2O. The summed E-state index contributed by atoms with van der Waals surface area (Å²) in [4.78, 5) is 4.16. The van der Waals surface area contributed by atoms with Crippen molar-refractivity contribution in [1.82, 2.24) is 10.3 Å². The van der Waals surface area contributed by atoms with Gasteiger partial charge in [0.05, 0.1) is 5.56 Å². The Kier molecular flexibility index (Phi) is 3.71. The van der Waals surface area contributed by atoms with Crippen LogP contribution in [0.4, 0.5) is 4.39 Å². The quantitative estimate of drug-likeness (QED) is 0.917. The second kappa shape index (κ2) is 5.13. The Hall–Kier alpha value is -1.68. The number of hydrogen-bond donors (Lipinski definition) is 1. The van der Waals surface area contributed by atoms with Crippen molar-refractivity contribution in [2.45, 2.75) is 39.8 Å². The van der Waals surface area contributed by atoms with Crippen molar-refractivity contribution in [1.29, 1.82) is 0 Å². The van der Waals surface area contributed by atoms with Crippen molar-refractivity contribution in [2.24, 2.45) is 0 Å². The highest BCUT2D eigenvalue weighted by molar-refractivity contribution is 5.60. The molecular weight excluding hydrogens is 243 g/mol. The van der Waals surface area contributed by atoms with Crippen LogP contribution in [0.5, 0.6) is 0 Å². The van der Waals surface area contributed by atoms with Crippen LogP contribution in [-0.4, -0.2) is 10.5 Å². The zero-order chi connectivity index (χ0) is 14.0. The van der Waals surface area contributed by atoms with Crippen molar-refractivity contribution in [2.75, 3.05) is 0 Å². The third-order valence-corrected chi connectivity index (χ3v) is 2.80. The summed E-state index contributed by atoms with van der Waals surface area (Å²) in [5.74, 6) is 0.211. The van der Waals surface area contributed by atoms with E-state index in [0.717, 1.165) is 11.3 Å². The van der Waals surface area contributed by atoms with Crippen LogP contribution in [0, 0.1) is 12.7 Å². The first-order valence-corrected chi connectivity index (χ1v) is 6.31. The number of halogens is 1. The summed E-state index contributed by atoms with van der Waals surface area (Å²) in [5.41, 5.74) is 2.03. The highest BCUT2D eigenvalue weighted by atomic mass is 19.1. The number of nitrogens with zero attached hydrogens (tertiary/aromatic N) is 1. The molecule has 0 saturated heterocycles. The van der Waals surface area contributed by atoms with E-state index in [2.05, 4.69) is 31.1 Å². The average molecular weight is 262 g/mol. The van der Waals surface area contributed by atoms with Crippen molar-refractivity contribution in [3.05, 3.63) is 41.7 Å². The van der Waals surface area contributed by atoms with Gasteiger partial charge in [0, 0.05) is 12.1 Å². The predicted molar refractivity (Wildman–Crippen MR) is 73.2 cm³/mol. The molecule has 2 aromatic rings. The lowest BCUT2D eigenvalue weighted by atomic mass is 10.1. The molecule has 0 aliphatic heterocycles. The Balaban J connectivity index is 2.28. The molecule has 0 aliphatic carbocycles. The largest absolute Gasteiger partial charge is 0.443 e. The van der Waals surface area contributed by atoms with Crippen LogP contribution in [0.3, 0.4) is 0 Å². The average Bonchev–Trinajstić information content (AvgIpc) is 2.73. The summed E-state index contributed by atoms with van der Waals surface area (Å²) in [6.45, 7) is 8.61. The van der Waals surface area contributed by atoms with E-state index in [-0.39, 0.29) is 11.4 Å². The van der Waals surface area contributed by atoms with E-state index in [1.807, 2.05) is 13.0 Å². The lowest BCUT2D eigenvalue weighted by Crippen LogP contribution is -2.35. The van der Waals surface area contributed by atoms with Crippen molar-refractivity contribution in [3.63, 3.8) is 0 Å². The molecule has 1 heterocycles. The monoisotopic (exact) mass is 262 g/mol. The van der Waals surface area contributed by atoms with Gasteiger partial charge >= 0.3 is 0 Å². The molecule has 0 fully saturated rings. The zero-order valence-corrected chi connectivity index (χ0v) is 11.7. The number of aryl methyl sites for hydroxylation is 1. The van der Waals surface area contributed by atoms with Crippen LogP contribution in [0.15, 0.2) is 29.0 Å². The standard InChI is InChI=1S/C15H19FN2O/c1-10-5-6-11(12(16)7-10)14-13(17-9-19-14)8-18-15(2,3)4/h5-7,9,18H,8H2,1-4H3. The van der Waals surface area contributed by atoms with Crippen LogP contribution < -0.4 is 5.32 Å². The van der Waals surface area contributed by atoms with Gasteiger partial charge in [0.15, 0.2) is 12.2 Å². The zero-order valence-electron chi connectivity index (χ0n) is 11.7. The molecule has 0 radical (unpaired) electrons. The van der Waals surface area contributed by atoms with Gasteiger partial charge in [0.25, 0.3) is 0 Å². The number of aromatic nitrogens is 1. The minimum atomic E-state index is -0.284. The first-order chi connectivity index (χ1) is 8.87. The number of oxazole rings is 1. The minimum absolute atomic E-state index is 0.0258. The van der Waals surface area contributed by atoms with Gasteiger partial charge in [-0.25, -0.2) is 9.37 Å². The molecule has 0 saturated carbocycles. The fourth-order valence-electron chi connectivity index (χ4n) is 1.77. The maximum absolute atomic E-state index is 14.0. The van der Waals surface area contributed by atoms with Crippen molar-refractivity contribution < 1.29 is 8.81 Å². The Bertz CT molecular complexity index is 570. The van der Waals surface area contributed by atoms with Gasteiger partial charge in [-0.05, 0) is 45.4 Å². The van der Waals surface area contributed by atoms with Crippen LogP contribution in [0.2, 0.25) is 0 Å². The first kappa shape index (κ1) is 13.7. The first-order valence-electron chi connectivity index (χ1n) is 6.31. The maximum atomic E-state index is 14.0. The van der Waals surface area contributed by atoms with Gasteiger partial charge in [-0.3, -0.25) is 0 Å². The lowest BCUT2D eigenvalue weighted by molar-refractivity contribution is 0.421. The molecule has 19 heavy (non-hydrogen) atoms. The van der Waals surface area contributed by atoms with E-state index in [1.54, 1.807) is 6.07 Å². The summed E-state index contributed by atoms with van der Waals surface area (Å²) in [7, 11) is 0. The third kappa shape index (κ3) is 3.41. The van der Waals surface area contributed by atoms with Crippen LogP contribution >= 0.6 is 0 Å². The smallest absolute Gasteiger partial charge is 0.181 e. The number of benzene rings is 1. The van der Waals surface area contributed by atoms with Crippen molar-refractivity contribution >= 4 is 0 Å². The fraction of sp³-hybridized carbons (Fsp3) is 0.400. The summed E-state index contributed by atoms with van der Waals surface area (Å²) in [6, 6.07) is 5.09. The minimum Gasteiger partial charge on any atom is -0.443 e. The molecule has 1 aromatic carbocycles. The highest BCUT2D eigenvalue weighted by Gasteiger charge is 2.17. The van der Waals surface area contributed by atoms with Gasteiger partial charge < -0.3 is 9.73 Å². The lowest BCUT2D eigenvalue weighted by Gasteiger charge is -2.19. The molecule has 4 heteroatoms. The predicted octanol–water partition coefficient (Wildman–Crippen LogP) is 3.68. The van der Waals surface area contributed by atoms with Gasteiger partial charge in [-0.2, -0.15) is 0 Å². The van der Waals surface area contributed by atoms with Gasteiger partial charge in [0.1, 0.15) is 11.5 Å². The Morgan fingerprint density at radius 2 is 2.05 bits per heavy atom. The SMILES string of the molecule is Cc1ccc(-c2ocnc2CNC(C)(C)C)c(F)c1. The van der Waals surface area contributed by atoms with Crippen LogP contribution in [-0.2, 0) is 6.54 Å². The Labute approximate surface area is 112 Å². The van der Waals surface area contributed by atoms with E-state index in [4.69, 9.17) is 4.42 Å². The molecule has 0 aliphatic rings. The van der Waals surface area contributed by atoms with Gasteiger partial charge in [-0.15, -0.1) is 0 Å². The van der Waals surface area contributed by atoms with E-state index >= 15 is 0 Å². The highest BCUT2D eigenvalue weighted by Crippen LogP contribution is 2.26. The third-order valence-electron chi connectivity index (χ3n) is 2.80. The molecule has 1 N–H and O–H groups in total. The number of hydrogen-bond acceptors (Lipinski definition) is 3. The topological polar surface area (TPSA) is 38.1 Å². The Morgan fingerprint density at radius 1 is 1.32 bits per heavy atom.